The average molecular weight is 563 g/mol. The molecule has 1 heterocycles. The molecular formula is C34H33F3O4. The fraction of sp³-hybridized carbons (Fsp3) is 0.441. The molecule has 6 rings (SSSR count). The number of carbonyl (C=O) groups excluding carboxylic acids is 1. The van der Waals surface area contributed by atoms with Crippen molar-refractivity contribution in [2.75, 3.05) is 13.7 Å². The Morgan fingerprint density at radius 1 is 1.02 bits per heavy atom. The first-order valence-corrected chi connectivity index (χ1v) is 14.2. The molecule has 1 aliphatic heterocycles. The number of halogens is 3. The highest BCUT2D eigenvalue weighted by molar-refractivity contribution is 5.93. The van der Waals surface area contributed by atoms with Gasteiger partial charge in [-0.15, -0.1) is 0 Å². The van der Waals surface area contributed by atoms with Crippen molar-refractivity contribution in [3.8, 4) is 17.6 Å². The van der Waals surface area contributed by atoms with E-state index in [2.05, 4.69) is 11.8 Å². The van der Waals surface area contributed by atoms with Gasteiger partial charge in [-0.05, 0) is 109 Å². The molecule has 2 fully saturated rings. The van der Waals surface area contributed by atoms with Crippen LogP contribution in [0, 0.1) is 29.1 Å². The van der Waals surface area contributed by atoms with Crippen LogP contribution in [0.2, 0.25) is 0 Å². The molecule has 0 spiro atoms. The number of ether oxygens (including phenoxy) is 2. The zero-order chi connectivity index (χ0) is 29.0. The second kappa shape index (κ2) is 10.2. The van der Waals surface area contributed by atoms with Gasteiger partial charge in [0.15, 0.2) is 5.78 Å². The van der Waals surface area contributed by atoms with E-state index in [-0.39, 0.29) is 30.3 Å². The van der Waals surface area contributed by atoms with Gasteiger partial charge in [0, 0.05) is 17.4 Å². The molecule has 4 nitrogen and oxygen atoms in total. The lowest BCUT2D eigenvalue weighted by Crippen LogP contribution is -2.48. The van der Waals surface area contributed by atoms with E-state index in [0.717, 1.165) is 48.3 Å². The Hall–Kier alpha value is -3.34. The van der Waals surface area contributed by atoms with Gasteiger partial charge in [0.25, 0.3) is 0 Å². The van der Waals surface area contributed by atoms with Gasteiger partial charge in [0.2, 0.25) is 0 Å². The summed E-state index contributed by atoms with van der Waals surface area (Å²) in [7, 11) is 1.63. The van der Waals surface area contributed by atoms with Gasteiger partial charge in [-0.1, -0.05) is 30.9 Å². The predicted octanol–water partition coefficient (Wildman–Crippen LogP) is 6.98. The van der Waals surface area contributed by atoms with E-state index in [0.29, 0.717) is 24.8 Å². The van der Waals surface area contributed by atoms with Gasteiger partial charge in [-0.2, -0.15) is 13.2 Å². The predicted molar refractivity (Wildman–Crippen MR) is 148 cm³/mol. The summed E-state index contributed by atoms with van der Waals surface area (Å²) < 4.78 is 51.2. The van der Waals surface area contributed by atoms with Crippen molar-refractivity contribution in [3.05, 3.63) is 88.0 Å². The van der Waals surface area contributed by atoms with Crippen LogP contribution in [0.1, 0.15) is 68.2 Å². The molecule has 2 aromatic rings. The highest BCUT2D eigenvalue weighted by Crippen LogP contribution is 2.61. The van der Waals surface area contributed by atoms with E-state index < -0.39 is 22.8 Å². The summed E-state index contributed by atoms with van der Waals surface area (Å²) in [6.45, 7) is 2.32. The van der Waals surface area contributed by atoms with Crippen molar-refractivity contribution < 1.29 is 32.5 Å². The highest BCUT2D eigenvalue weighted by Gasteiger charge is 2.61. The van der Waals surface area contributed by atoms with Crippen LogP contribution in [0.15, 0.2) is 71.3 Å². The molecule has 5 atom stereocenters. The van der Waals surface area contributed by atoms with E-state index in [9.17, 15) is 23.1 Å². The van der Waals surface area contributed by atoms with E-state index in [1.165, 1.54) is 23.3 Å². The first-order valence-electron chi connectivity index (χ1n) is 14.2. The topological polar surface area (TPSA) is 55.8 Å². The molecular weight excluding hydrogens is 529 g/mol. The number of ketones is 1. The Balaban J connectivity index is 1.40. The minimum Gasteiger partial charge on any atom is -0.497 e. The van der Waals surface area contributed by atoms with Crippen molar-refractivity contribution in [1.29, 1.82) is 0 Å². The minimum atomic E-state index is -4.42. The van der Waals surface area contributed by atoms with E-state index in [1.54, 1.807) is 13.2 Å². The number of aliphatic hydroxyl groups is 1. The van der Waals surface area contributed by atoms with Gasteiger partial charge >= 0.3 is 6.18 Å². The number of fused-ring (bicyclic) bond motifs is 4. The summed E-state index contributed by atoms with van der Waals surface area (Å²) in [6, 6.07) is 12.6. The number of rotatable bonds is 2. The first-order chi connectivity index (χ1) is 19.5. The zero-order valence-corrected chi connectivity index (χ0v) is 23.2. The molecule has 3 unspecified atom stereocenters. The molecule has 1 saturated heterocycles. The Kier molecular flexibility index (Phi) is 6.91. The third kappa shape index (κ3) is 4.81. The Labute approximate surface area is 238 Å². The normalized spacial score (nSPS) is 31.2. The second-order valence-corrected chi connectivity index (χ2v) is 11.9. The quantitative estimate of drug-likeness (QED) is 0.402. The number of benzene rings is 2. The Morgan fingerprint density at radius 3 is 2.44 bits per heavy atom. The average Bonchev–Trinajstić information content (AvgIpc) is 3.13. The van der Waals surface area contributed by atoms with Crippen LogP contribution in [0.25, 0.3) is 0 Å². The lowest BCUT2D eigenvalue weighted by molar-refractivity contribution is -0.137. The number of alkyl halides is 3. The van der Waals surface area contributed by atoms with Gasteiger partial charge in [0.1, 0.15) is 17.5 Å². The Morgan fingerprint density at radius 2 is 1.76 bits per heavy atom. The molecule has 0 aromatic heterocycles. The van der Waals surface area contributed by atoms with Gasteiger partial charge in [0.05, 0.1) is 19.3 Å². The molecule has 3 aliphatic carbocycles. The summed E-state index contributed by atoms with van der Waals surface area (Å²) in [4.78, 5) is 12.3. The molecule has 4 aliphatic rings. The standard InChI is InChI=1S/C34H33F3O4/c1-32-20-41-31(22-5-11-26(40-2)12-6-22)30-27-14-10-25(38)19-23(27)7-13-28(30)29(32)16-18-33(32,39)17-15-21-3-8-24(9-4-21)34(35,36)37/h3-6,8-9,11-12,19,28-29,31,39H,7,10,13-14,16,18,20H2,1-2H3/t28?,29?,31?,32-,33-/m0/s1. The number of allylic oxidation sites excluding steroid dienone is 3. The number of methoxy groups -OCH3 is 1. The second-order valence-electron chi connectivity index (χ2n) is 11.9. The number of carbonyl (C=O) groups is 1. The summed E-state index contributed by atoms with van der Waals surface area (Å²) >= 11 is 0. The van der Waals surface area contributed by atoms with Crippen LogP contribution >= 0.6 is 0 Å². The maximum atomic E-state index is 13.0. The first kappa shape index (κ1) is 27.8. The largest absolute Gasteiger partial charge is 0.497 e. The van der Waals surface area contributed by atoms with E-state index in [1.807, 2.05) is 31.2 Å². The molecule has 0 radical (unpaired) electrons. The summed E-state index contributed by atoms with van der Waals surface area (Å²) in [6.07, 6.45) is 1.11. The lowest BCUT2D eigenvalue weighted by atomic mass is 9.61. The summed E-state index contributed by atoms with van der Waals surface area (Å²) in [5.74, 6) is 7.21. The van der Waals surface area contributed by atoms with Crippen LogP contribution in [0.4, 0.5) is 13.2 Å². The van der Waals surface area contributed by atoms with Crippen LogP contribution in [-0.4, -0.2) is 30.2 Å². The summed E-state index contributed by atoms with van der Waals surface area (Å²) in [5, 5.41) is 12.1. The number of hydrogen-bond acceptors (Lipinski definition) is 4. The van der Waals surface area contributed by atoms with Crippen LogP contribution in [0.5, 0.6) is 5.75 Å². The zero-order valence-electron chi connectivity index (χ0n) is 23.2. The minimum absolute atomic E-state index is 0.0966. The maximum Gasteiger partial charge on any atom is 0.416 e. The molecule has 41 heavy (non-hydrogen) atoms. The SMILES string of the molecule is COc1ccc(C2OC[C@@]3(C)C(CC[C@@]3(O)C#Cc3ccc(C(F)(F)F)cc3)C3CCC4=CC(=O)CCC4=C23)cc1. The van der Waals surface area contributed by atoms with Gasteiger partial charge < -0.3 is 14.6 Å². The van der Waals surface area contributed by atoms with Crippen molar-refractivity contribution >= 4 is 5.78 Å². The van der Waals surface area contributed by atoms with Crippen LogP contribution in [0.3, 0.4) is 0 Å². The maximum absolute atomic E-state index is 13.0. The molecule has 7 heteroatoms. The highest BCUT2D eigenvalue weighted by atomic mass is 19.4. The molecule has 0 amide bonds. The fourth-order valence-electron chi connectivity index (χ4n) is 7.45. The third-order valence-electron chi connectivity index (χ3n) is 9.76. The third-order valence-corrected chi connectivity index (χ3v) is 9.76. The summed E-state index contributed by atoms with van der Waals surface area (Å²) in [5.41, 5.74) is 2.16. The fourth-order valence-corrected chi connectivity index (χ4v) is 7.45. The molecule has 1 saturated carbocycles. The van der Waals surface area contributed by atoms with E-state index in [4.69, 9.17) is 9.47 Å². The van der Waals surface area contributed by atoms with Gasteiger partial charge in [-0.3, -0.25) is 4.79 Å². The smallest absolute Gasteiger partial charge is 0.416 e. The van der Waals surface area contributed by atoms with Gasteiger partial charge in [-0.25, -0.2) is 0 Å². The van der Waals surface area contributed by atoms with Crippen molar-refractivity contribution in [2.24, 2.45) is 17.3 Å². The lowest BCUT2D eigenvalue weighted by Gasteiger charge is -2.42. The van der Waals surface area contributed by atoms with Crippen molar-refractivity contribution in [1.82, 2.24) is 0 Å². The molecule has 0 bridgehead atoms. The molecule has 214 valence electrons. The van der Waals surface area contributed by atoms with Crippen LogP contribution < -0.4 is 4.74 Å². The molecule has 2 aromatic carbocycles. The van der Waals surface area contributed by atoms with Crippen LogP contribution in [-0.2, 0) is 15.7 Å². The Bertz CT molecular complexity index is 1480. The molecule has 1 N–H and O–H groups in total. The monoisotopic (exact) mass is 562 g/mol. The van der Waals surface area contributed by atoms with Crippen molar-refractivity contribution in [3.63, 3.8) is 0 Å². The van der Waals surface area contributed by atoms with E-state index >= 15 is 0 Å². The number of hydrogen-bond donors (Lipinski definition) is 1. The van der Waals surface area contributed by atoms with Crippen molar-refractivity contribution in [2.45, 2.75) is 63.3 Å².